The molecule has 0 spiro atoms. The minimum atomic E-state index is -4.40. The first-order valence-electron chi connectivity index (χ1n) is 6.27. The van der Waals surface area contributed by atoms with Gasteiger partial charge in [-0.2, -0.15) is 13.2 Å². The van der Waals surface area contributed by atoms with Gasteiger partial charge in [-0.25, -0.2) is 0 Å². The van der Waals surface area contributed by atoms with E-state index in [2.05, 4.69) is 10.1 Å². The molecule has 1 atom stereocenters. The van der Waals surface area contributed by atoms with Crippen LogP contribution < -0.4 is 21.5 Å². The van der Waals surface area contributed by atoms with Crippen LogP contribution in [-0.4, -0.2) is 30.6 Å². The predicted molar refractivity (Wildman–Crippen MR) is 71.6 cm³/mol. The summed E-state index contributed by atoms with van der Waals surface area (Å²) in [7, 11) is 0. The molecule has 1 aromatic carbocycles. The summed E-state index contributed by atoms with van der Waals surface area (Å²) < 4.78 is 40.5. The van der Waals surface area contributed by atoms with Crippen LogP contribution >= 0.6 is 0 Å². The fourth-order valence-electron chi connectivity index (χ4n) is 1.50. The van der Waals surface area contributed by atoms with Gasteiger partial charge >= 0.3 is 6.18 Å². The van der Waals surface area contributed by atoms with Gasteiger partial charge < -0.3 is 21.5 Å². The Morgan fingerprint density at radius 2 is 1.82 bits per heavy atom. The summed E-state index contributed by atoms with van der Waals surface area (Å²) in [5.74, 6) is -1.16. The average molecular weight is 319 g/mol. The van der Waals surface area contributed by atoms with Crippen molar-refractivity contribution in [3.63, 3.8) is 0 Å². The van der Waals surface area contributed by atoms with Crippen LogP contribution in [0, 0.1) is 0 Å². The molecule has 9 heteroatoms. The number of primary amides is 1. The Bertz CT molecular complexity index is 518. The van der Waals surface area contributed by atoms with Crippen LogP contribution in [0.2, 0.25) is 0 Å². The maximum Gasteiger partial charge on any atom is 0.422 e. The predicted octanol–water partition coefficient (Wildman–Crippen LogP) is 0.447. The molecule has 1 rings (SSSR count). The van der Waals surface area contributed by atoms with Gasteiger partial charge in [-0.15, -0.1) is 0 Å². The molecule has 1 aromatic rings. The molecule has 5 N–H and O–H groups in total. The molecule has 0 heterocycles. The van der Waals surface area contributed by atoms with Crippen molar-refractivity contribution < 1.29 is 27.5 Å². The average Bonchev–Trinajstić information content (AvgIpc) is 2.42. The number of hydrogen-bond acceptors (Lipinski definition) is 4. The van der Waals surface area contributed by atoms with Gasteiger partial charge in [0.25, 0.3) is 0 Å². The van der Waals surface area contributed by atoms with E-state index in [1.165, 1.54) is 24.3 Å². The normalized spacial score (nSPS) is 12.5. The zero-order valence-corrected chi connectivity index (χ0v) is 11.5. The lowest BCUT2D eigenvalue weighted by molar-refractivity contribution is -0.153. The van der Waals surface area contributed by atoms with Gasteiger partial charge in [0.2, 0.25) is 11.8 Å². The monoisotopic (exact) mass is 319 g/mol. The molecule has 0 saturated heterocycles. The first-order valence-corrected chi connectivity index (χ1v) is 6.27. The number of halogens is 3. The zero-order chi connectivity index (χ0) is 16.8. The number of amides is 2. The van der Waals surface area contributed by atoms with Crippen LogP contribution in [-0.2, 0) is 16.1 Å². The Labute approximate surface area is 124 Å². The third-order valence-electron chi connectivity index (χ3n) is 2.55. The number of benzene rings is 1. The number of alkyl halides is 3. The number of nitrogens with one attached hydrogen (secondary N) is 1. The zero-order valence-electron chi connectivity index (χ0n) is 11.5. The fourth-order valence-corrected chi connectivity index (χ4v) is 1.50. The van der Waals surface area contributed by atoms with Gasteiger partial charge in [0.05, 0.1) is 12.5 Å². The van der Waals surface area contributed by atoms with E-state index in [9.17, 15) is 22.8 Å². The largest absolute Gasteiger partial charge is 0.484 e. The van der Waals surface area contributed by atoms with Crippen molar-refractivity contribution in [2.24, 2.45) is 11.5 Å². The van der Waals surface area contributed by atoms with Crippen molar-refractivity contribution in [3.8, 4) is 5.75 Å². The lowest BCUT2D eigenvalue weighted by Crippen LogP contribution is -2.42. The number of rotatable bonds is 7. The molecular weight excluding hydrogens is 303 g/mol. The van der Waals surface area contributed by atoms with Crippen LogP contribution in [0.15, 0.2) is 24.3 Å². The molecule has 0 saturated carbocycles. The van der Waals surface area contributed by atoms with E-state index in [0.717, 1.165) is 0 Å². The van der Waals surface area contributed by atoms with Crippen LogP contribution in [0.25, 0.3) is 0 Å². The lowest BCUT2D eigenvalue weighted by atomic mass is 10.2. The molecule has 122 valence electrons. The highest BCUT2D eigenvalue weighted by Crippen LogP contribution is 2.18. The molecule has 0 aromatic heterocycles. The molecule has 0 aliphatic rings. The summed E-state index contributed by atoms with van der Waals surface area (Å²) >= 11 is 0. The van der Waals surface area contributed by atoms with E-state index in [-0.39, 0.29) is 18.7 Å². The first kappa shape index (κ1) is 17.8. The van der Waals surface area contributed by atoms with Crippen LogP contribution in [0.4, 0.5) is 13.2 Å². The van der Waals surface area contributed by atoms with Crippen molar-refractivity contribution in [3.05, 3.63) is 29.8 Å². The number of carbonyl (C=O) groups excluding carboxylic acids is 2. The topological polar surface area (TPSA) is 107 Å². The summed E-state index contributed by atoms with van der Waals surface area (Å²) in [6.45, 7) is -1.25. The molecule has 0 aliphatic heterocycles. The molecule has 2 amide bonds. The summed E-state index contributed by atoms with van der Waals surface area (Å²) in [6, 6.07) is 4.69. The SMILES string of the molecule is NC(=O)CC(N)C(=O)NCc1ccc(OCC(F)(F)F)cc1. The molecule has 0 aliphatic carbocycles. The molecule has 1 unspecified atom stereocenters. The van der Waals surface area contributed by atoms with Crippen molar-refractivity contribution in [1.82, 2.24) is 5.32 Å². The van der Waals surface area contributed by atoms with Crippen molar-refractivity contribution in [1.29, 1.82) is 0 Å². The molecule has 0 radical (unpaired) electrons. The van der Waals surface area contributed by atoms with E-state index in [1.54, 1.807) is 0 Å². The molecule has 0 fully saturated rings. The summed E-state index contributed by atoms with van der Waals surface area (Å²) in [5.41, 5.74) is 11.0. The summed E-state index contributed by atoms with van der Waals surface area (Å²) in [5, 5.41) is 2.49. The van der Waals surface area contributed by atoms with Gasteiger partial charge in [-0.05, 0) is 17.7 Å². The van der Waals surface area contributed by atoms with Gasteiger partial charge in [0.15, 0.2) is 6.61 Å². The van der Waals surface area contributed by atoms with E-state index < -0.39 is 30.6 Å². The number of nitrogens with two attached hydrogens (primary N) is 2. The Hall–Kier alpha value is -2.29. The highest BCUT2D eigenvalue weighted by atomic mass is 19.4. The van der Waals surface area contributed by atoms with Crippen LogP contribution in [0.1, 0.15) is 12.0 Å². The third kappa shape index (κ3) is 6.93. The fraction of sp³-hybridized carbons (Fsp3) is 0.385. The van der Waals surface area contributed by atoms with E-state index in [1.807, 2.05) is 0 Å². The summed E-state index contributed by atoms with van der Waals surface area (Å²) in [4.78, 5) is 22.2. The molecule has 0 bridgehead atoms. The van der Waals surface area contributed by atoms with Crippen molar-refractivity contribution in [2.45, 2.75) is 25.2 Å². The summed E-state index contributed by atoms with van der Waals surface area (Å²) in [6.07, 6.45) is -4.67. The van der Waals surface area contributed by atoms with Gasteiger partial charge in [0, 0.05) is 6.54 Å². The molecule has 6 nitrogen and oxygen atoms in total. The van der Waals surface area contributed by atoms with Crippen LogP contribution in [0.5, 0.6) is 5.75 Å². The highest BCUT2D eigenvalue weighted by Gasteiger charge is 2.28. The Morgan fingerprint density at radius 1 is 1.23 bits per heavy atom. The van der Waals surface area contributed by atoms with Gasteiger partial charge in [0.1, 0.15) is 5.75 Å². The Morgan fingerprint density at radius 3 is 2.32 bits per heavy atom. The first-order chi connectivity index (χ1) is 10.2. The van der Waals surface area contributed by atoms with Crippen LogP contribution in [0.3, 0.4) is 0 Å². The lowest BCUT2D eigenvalue weighted by Gasteiger charge is -2.12. The second kappa shape index (κ2) is 7.64. The van der Waals surface area contributed by atoms with E-state index in [4.69, 9.17) is 11.5 Å². The second-order valence-corrected chi connectivity index (χ2v) is 4.54. The van der Waals surface area contributed by atoms with Crippen molar-refractivity contribution >= 4 is 11.8 Å². The Balaban J connectivity index is 2.44. The molecular formula is C13H16F3N3O3. The maximum absolute atomic E-state index is 12.0. The smallest absolute Gasteiger partial charge is 0.422 e. The maximum atomic E-state index is 12.0. The minimum absolute atomic E-state index is 0.0674. The van der Waals surface area contributed by atoms with Gasteiger partial charge in [-0.1, -0.05) is 12.1 Å². The van der Waals surface area contributed by atoms with E-state index >= 15 is 0 Å². The molecule has 22 heavy (non-hydrogen) atoms. The quantitative estimate of drug-likeness (QED) is 0.678. The standard InChI is InChI=1S/C13H16F3N3O3/c14-13(15,16)7-22-9-3-1-8(2-4-9)6-19-12(21)10(17)5-11(18)20/h1-4,10H,5-7,17H2,(H2,18,20)(H,19,21). The highest BCUT2D eigenvalue weighted by molar-refractivity contribution is 5.87. The second-order valence-electron chi connectivity index (χ2n) is 4.54. The number of carbonyl (C=O) groups is 2. The van der Waals surface area contributed by atoms with Crippen molar-refractivity contribution in [2.75, 3.05) is 6.61 Å². The minimum Gasteiger partial charge on any atom is -0.484 e. The van der Waals surface area contributed by atoms with Gasteiger partial charge in [-0.3, -0.25) is 9.59 Å². The number of hydrogen-bond donors (Lipinski definition) is 3. The third-order valence-corrected chi connectivity index (χ3v) is 2.55. The van der Waals surface area contributed by atoms with E-state index in [0.29, 0.717) is 5.56 Å². The Kier molecular flexibility index (Phi) is 6.17. The number of ether oxygens (including phenoxy) is 1.